The summed E-state index contributed by atoms with van der Waals surface area (Å²) >= 11 is 0. The van der Waals surface area contributed by atoms with Gasteiger partial charge in [0.1, 0.15) is 0 Å². The van der Waals surface area contributed by atoms with Gasteiger partial charge in [0.2, 0.25) is 0 Å². The summed E-state index contributed by atoms with van der Waals surface area (Å²) in [5.41, 5.74) is 0.495. The molecule has 100 valence electrons. The SMILES string of the molecule is CCCNC(=NCC1(CC)CCCC1)NCC. The van der Waals surface area contributed by atoms with E-state index in [0.717, 1.165) is 32.0 Å². The molecule has 0 radical (unpaired) electrons. The Labute approximate surface area is 106 Å². The van der Waals surface area contributed by atoms with E-state index in [1.807, 2.05) is 0 Å². The first-order valence-corrected chi connectivity index (χ1v) is 7.28. The van der Waals surface area contributed by atoms with Crippen LogP contribution in [0.1, 0.15) is 59.3 Å². The summed E-state index contributed by atoms with van der Waals surface area (Å²) in [6.45, 7) is 9.55. The van der Waals surface area contributed by atoms with Gasteiger partial charge in [-0.1, -0.05) is 26.7 Å². The molecule has 0 heterocycles. The zero-order valence-electron chi connectivity index (χ0n) is 11.8. The number of hydrogen-bond donors (Lipinski definition) is 2. The third-order valence-corrected chi connectivity index (χ3v) is 3.87. The van der Waals surface area contributed by atoms with Gasteiger partial charge < -0.3 is 10.6 Å². The third kappa shape index (κ3) is 4.57. The number of rotatable bonds is 6. The van der Waals surface area contributed by atoms with Gasteiger partial charge in [0.25, 0.3) is 0 Å². The molecule has 0 unspecified atom stereocenters. The van der Waals surface area contributed by atoms with E-state index in [0.29, 0.717) is 5.41 Å². The van der Waals surface area contributed by atoms with Gasteiger partial charge in [-0.05, 0) is 38.0 Å². The fraction of sp³-hybridized carbons (Fsp3) is 0.929. The molecule has 0 spiro atoms. The Bertz CT molecular complexity index is 230. The van der Waals surface area contributed by atoms with E-state index in [4.69, 9.17) is 4.99 Å². The highest BCUT2D eigenvalue weighted by molar-refractivity contribution is 5.79. The van der Waals surface area contributed by atoms with Gasteiger partial charge in [-0.15, -0.1) is 0 Å². The Balaban J connectivity index is 2.50. The molecular formula is C14H29N3. The number of nitrogens with one attached hydrogen (secondary N) is 2. The number of nitrogens with zero attached hydrogens (tertiary/aromatic N) is 1. The molecule has 1 fully saturated rings. The van der Waals surface area contributed by atoms with Crippen molar-refractivity contribution in [2.75, 3.05) is 19.6 Å². The molecule has 17 heavy (non-hydrogen) atoms. The van der Waals surface area contributed by atoms with Crippen molar-refractivity contribution in [3.8, 4) is 0 Å². The van der Waals surface area contributed by atoms with Crippen molar-refractivity contribution in [2.45, 2.75) is 59.3 Å². The summed E-state index contributed by atoms with van der Waals surface area (Å²) in [5, 5.41) is 6.70. The second-order valence-corrected chi connectivity index (χ2v) is 5.18. The quantitative estimate of drug-likeness (QED) is 0.552. The highest BCUT2D eigenvalue weighted by Gasteiger charge is 2.31. The molecule has 2 N–H and O–H groups in total. The van der Waals surface area contributed by atoms with Gasteiger partial charge in [-0.3, -0.25) is 4.99 Å². The van der Waals surface area contributed by atoms with Crippen LogP contribution in [0.4, 0.5) is 0 Å². The molecule has 0 atom stereocenters. The maximum Gasteiger partial charge on any atom is 0.191 e. The lowest BCUT2D eigenvalue weighted by Gasteiger charge is -2.25. The molecule has 3 heteroatoms. The Morgan fingerprint density at radius 3 is 2.35 bits per heavy atom. The van der Waals surface area contributed by atoms with E-state index >= 15 is 0 Å². The summed E-state index contributed by atoms with van der Waals surface area (Å²) in [5.74, 6) is 0.995. The molecule has 1 saturated carbocycles. The van der Waals surface area contributed by atoms with Crippen molar-refractivity contribution < 1.29 is 0 Å². The van der Waals surface area contributed by atoms with Crippen molar-refractivity contribution >= 4 is 5.96 Å². The number of guanidine groups is 1. The zero-order chi connectivity index (χ0) is 12.6. The number of aliphatic imine (C=N–C) groups is 1. The summed E-state index contributed by atoms with van der Waals surface area (Å²) in [4.78, 5) is 4.77. The fourth-order valence-corrected chi connectivity index (χ4v) is 2.58. The summed E-state index contributed by atoms with van der Waals surface area (Å²) < 4.78 is 0. The lowest BCUT2D eigenvalue weighted by molar-refractivity contribution is 0.297. The molecular weight excluding hydrogens is 210 g/mol. The van der Waals surface area contributed by atoms with Gasteiger partial charge in [-0.2, -0.15) is 0 Å². The van der Waals surface area contributed by atoms with Crippen LogP contribution in [0, 0.1) is 5.41 Å². The van der Waals surface area contributed by atoms with Gasteiger partial charge in [0.05, 0.1) is 0 Å². The van der Waals surface area contributed by atoms with Crippen LogP contribution in [-0.2, 0) is 0 Å². The van der Waals surface area contributed by atoms with Crippen molar-refractivity contribution in [3.05, 3.63) is 0 Å². The minimum absolute atomic E-state index is 0.495. The second-order valence-electron chi connectivity index (χ2n) is 5.18. The molecule has 0 aliphatic heterocycles. The molecule has 0 aromatic rings. The minimum atomic E-state index is 0.495. The van der Waals surface area contributed by atoms with E-state index in [1.54, 1.807) is 0 Å². The maximum absolute atomic E-state index is 4.77. The van der Waals surface area contributed by atoms with Crippen molar-refractivity contribution in [3.63, 3.8) is 0 Å². The molecule has 3 nitrogen and oxygen atoms in total. The fourth-order valence-electron chi connectivity index (χ4n) is 2.58. The van der Waals surface area contributed by atoms with Crippen molar-refractivity contribution in [1.82, 2.24) is 10.6 Å². The summed E-state index contributed by atoms with van der Waals surface area (Å²) in [6, 6.07) is 0. The first-order chi connectivity index (χ1) is 8.26. The van der Waals surface area contributed by atoms with Crippen LogP contribution in [0.5, 0.6) is 0 Å². The summed E-state index contributed by atoms with van der Waals surface area (Å²) in [6.07, 6.45) is 7.91. The van der Waals surface area contributed by atoms with Gasteiger partial charge >= 0.3 is 0 Å². The van der Waals surface area contributed by atoms with E-state index in [-0.39, 0.29) is 0 Å². The van der Waals surface area contributed by atoms with Gasteiger partial charge in [0.15, 0.2) is 5.96 Å². The van der Waals surface area contributed by atoms with Crippen LogP contribution >= 0.6 is 0 Å². The molecule has 1 aliphatic carbocycles. The summed E-state index contributed by atoms with van der Waals surface area (Å²) in [7, 11) is 0. The van der Waals surface area contributed by atoms with Gasteiger partial charge in [-0.25, -0.2) is 0 Å². The lowest BCUT2D eigenvalue weighted by atomic mass is 9.84. The Morgan fingerprint density at radius 1 is 1.12 bits per heavy atom. The second kappa shape index (κ2) is 7.57. The average molecular weight is 239 g/mol. The average Bonchev–Trinajstić information content (AvgIpc) is 2.82. The lowest BCUT2D eigenvalue weighted by Crippen LogP contribution is -2.38. The zero-order valence-corrected chi connectivity index (χ0v) is 11.8. The van der Waals surface area contributed by atoms with Crippen molar-refractivity contribution in [2.24, 2.45) is 10.4 Å². The van der Waals surface area contributed by atoms with E-state index < -0.39 is 0 Å². The molecule has 0 saturated heterocycles. The molecule has 0 amide bonds. The Hall–Kier alpha value is -0.730. The van der Waals surface area contributed by atoms with Gasteiger partial charge in [0, 0.05) is 19.6 Å². The standard InChI is InChI=1S/C14H29N3/c1-4-11-16-13(15-6-3)17-12-14(5-2)9-7-8-10-14/h4-12H2,1-3H3,(H2,15,16,17). The third-order valence-electron chi connectivity index (χ3n) is 3.87. The molecule has 0 aromatic heterocycles. The first-order valence-electron chi connectivity index (χ1n) is 7.28. The predicted molar refractivity (Wildman–Crippen MR) is 75.5 cm³/mol. The van der Waals surface area contributed by atoms with Crippen molar-refractivity contribution in [1.29, 1.82) is 0 Å². The topological polar surface area (TPSA) is 36.4 Å². The van der Waals surface area contributed by atoms with E-state index in [9.17, 15) is 0 Å². The molecule has 0 aromatic carbocycles. The van der Waals surface area contributed by atoms with E-state index in [1.165, 1.54) is 32.1 Å². The largest absolute Gasteiger partial charge is 0.357 e. The Kier molecular flexibility index (Phi) is 6.38. The molecule has 1 rings (SSSR count). The highest BCUT2D eigenvalue weighted by Crippen LogP contribution is 2.41. The van der Waals surface area contributed by atoms with Crippen LogP contribution in [0.2, 0.25) is 0 Å². The van der Waals surface area contributed by atoms with E-state index in [2.05, 4.69) is 31.4 Å². The Morgan fingerprint density at radius 2 is 1.82 bits per heavy atom. The molecule has 1 aliphatic rings. The molecule has 0 bridgehead atoms. The monoisotopic (exact) mass is 239 g/mol. The van der Waals surface area contributed by atoms with Crippen LogP contribution in [0.25, 0.3) is 0 Å². The van der Waals surface area contributed by atoms with Crippen LogP contribution in [0.15, 0.2) is 4.99 Å². The minimum Gasteiger partial charge on any atom is -0.357 e. The normalized spacial score (nSPS) is 19.4. The maximum atomic E-state index is 4.77. The van der Waals surface area contributed by atoms with Crippen LogP contribution in [-0.4, -0.2) is 25.6 Å². The first kappa shape index (κ1) is 14.3. The predicted octanol–water partition coefficient (Wildman–Crippen LogP) is 2.92. The van der Waals surface area contributed by atoms with Crippen LogP contribution in [0.3, 0.4) is 0 Å². The van der Waals surface area contributed by atoms with Crippen LogP contribution < -0.4 is 10.6 Å². The number of hydrogen-bond acceptors (Lipinski definition) is 1. The highest BCUT2D eigenvalue weighted by atomic mass is 15.2. The smallest absolute Gasteiger partial charge is 0.191 e.